The van der Waals surface area contributed by atoms with E-state index in [-0.39, 0.29) is 17.6 Å². The van der Waals surface area contributed by atoms with Gasteiger partial charge in [0.25, 0.3) is 0 Å². The van der Waals surface area contributed by atoms with Crippen LogP contribution in [0, 0.1) is 0 Å². The van der Waals surface area contributed by atoms with E-state index in [0.29, 0.717) is 6.54 Å². The second-order valence-electron chi connectivity index (χ2n) is 4.80. The normalized spacial score (nSPS) is 27.9. The molecule has 4 heteroatoms. The minimum Gasteiger partial charge on any atom is -0.329 e. The van der Waals surface area contributed by atoms with Gasteiger partial charge in [0.2, 0.25) is 0 Å². The summed E-state index contributed by atoms with van der Waals surface area (Å²) in [5.41, 5.74) is 21.7. The van der Waals surface area contributed by atoms with Gasteiger partial charge in [0, 0.05) is 24.2 Å². The Kier molecular flexibility index (Phi) is 6.27. The minimum atomic E-state index is -0.181. The molecule has 1 aliphatic rings. The summed E-state index contributed by atoms with van der Waals surface area (Å²) in [7, 11) is 0. The Morgan fingerprint density at radius 1 is 1.07 bits per heavy atom. The summed E-state index contributed by atoms with van der Waals surface area (Å²) in [5.74, 6) is 0. The van der Waals surface area contributed by atoms with Crippen LogP contribution in [0.3, 0.4) is 0 Å². The van der Waals surface area contributed by atoms with Crippen molar-refractivity contribution in [3.63, 3.8) is 0 Å². The molecule has 0 aromatic rings. The van der Waals surface area contributed by atoms with E-state index >= 15 is 0 Å². The average Bonchev–Trinajstić information content (AvgIpc) is 2.10. The van der Waals surface area contributed by atoms with Crippen LogP contribution >= 0.6 is 0 Å². The van der Waals surface area contributed by atoms with Crippen molar-refractivity contribution in [2.75, 3.05) is 6.54 Å². The monoisotopic (exact) mass is 202 g/mol. The van der Waals surface area contributed by atoms with Crippen LogP contribution < -0.4 is 22.9 Å². The van der Waals surface area contributed by atoms with Crippen molar-refractivity contribution in [3.8, 4) is 0 Å². The van der Waals surface area contributed by atoms with Gasteiger partial charge in [-0.25, -0.2) is 0 Å². The van der Waals surface area contributed by atoms with E-state index in [0.717, 1.165) is 12.8 Å². The van der Waals surface area contributed by atoms with Crippen molar-refractivity contribution in [2.45, 2.75) is 57.2 Å². The second kappa shape index (κ2) is 6.35. The van der Waals surface area contributed by atoms with Gasteiger partial charge < -0.3 is 22.9 Å². The molecule has 0 aromatic heterocycles. The van der Waals surface area contributed by atoms with Gasteiger partial charge in [0.05, 0.1) is 0 Å². The lowest BCUT2D eigenvalue weighted by molar-refractivity contribution is 0.385. The predicted molar refractivity (Wildman–Crippen MR) is 61.7 cm³/mol. The molecule has 2 atom stereocenters. The quantitative estimate of drug-likeness (QED) is 0.476. The first kappa shape index (κ1) is 13.8. The first-order valence-electron chi connectivity index (χ1n) is 5.37. The minimum absolute atomic E-state index is 0.181. The zero-order valence-corrected chi connectivity index (χ0v) is 9.50. The van der Waals surface area contributed by atoms with Crippen molar-refractivity contribution in [1.82, 2.24) is 0 Å². The Morgan fingerprint density at radius 3 is 1.50 bits per heavy atom. The standard InChI is InChI=1S/C6H14N2.C4H12N2/c7-5-3-1-2-4-6(5)8;1-4(2,6)3-5/h5-6H,1-4,7-8H2;3,5-6H2,1-2H3. The lowest BCUT2D eigenvalue weighted by atomic mass is 9.92. The molecule has 86 valence electrons. The topological polar surface area (TPSA) is 104 Å². The van der Waals surface area contributed by atoms with Gasteiger partial charge in [-0.15, -0.1) is 0 Å². The molecule has 1 fully saturated rings. The fourth-order valence-electron chi connectivity index (χ4n) is 1.19. The van der Waals surface area contributed by atoms with Gasteiger partial charge in [-0.2, -0.15) is 0 Å². The molecule has 0 saturated heterocycles. The molecule has 4 nitrogen and oxygen atoms in total. The molecule has 1 saturated carbocycles. The lowest BCUT2D eigenvalue weighted by Gasteiger charge is -2.24. The molecular formula is C10H26N4. The lowest BCUT2D eigenvalue weighted by Crippen LogP contribution is -2.43. The summed E-state index contributed by atoms with van der Waals surface area (Å²) in [5, 5.41) is 0. The van der Waals surface area contributed by atoms with Gasteiger partial charge >= 0.3 is 0 Å². The fraction of sp³-hybridized carbons (Fsp3) is 1.00. The number of hydrogen-bond acceptors (Lipinski definition) is 4. The number of rotatable bonds is 1. The van der Waals surface area contributed by atoms with Crippen LogP contribution in [0.2, 0.25) is 0 Å². The maximum Gasteiger partial charge on any atom is 0.0221 e. The van der Waals surface area contributed by atoms with E-state index in [9.17, 15) is 0 Å². The van der Waals surface area contributed by atoms with Crippen LogP contribution in [0.15, 0.2) is 0 Å². The number of nitrogens with two attached hydrogens (primary N) is 4. The Hall–Kier alpha value is -0.160. The van der Waals surface area contributed by atoms with E-state index in [1.807, 2.05) is 13.8 Å². The molecule has 8 N–H and O–H groups in total. The smallest absolute Gasteiger partial charge is 0.0221 e. The summed E-state index contributed by atoms with van der Waals surface area (Å²) < 4.78 is 0. The summed E-state index contributed by atoms with van der Waals surface area (Å²) in [6, 6.07) is 0.562. The third-order valence-corrected chi connectivity index (χ3v) is 2.40. The highest BCUT2D eigenvalue weighted by atomic mass is 14.8. The molecule has 0 radical (unpaired) electrons. The van der Waals surface area contributed by atoms with Crippen molar-refractivity contribution in [2.24, 2.45) is 22.9 Å². The molecule has 0 spiro atoms. The summed E-state index contributed by atoms with van der Waals surface area (Å²) >= 11 is 0. The zero-order chi connectivity index (χ0) is 11.2. The largest absolute Gasteiger partial charge is 0.329 e. The fourth-order valence-corrected chi connectivity index (χ4v) is 1.19. The first-order chi connectivity index (χ1) is 6.37. The van der Waals surface area contributed by atoms with Gasteiger partial charge in [-0.1, -0.05) is 12.8 Å². The SMILES string of the molecule is CC(C)(N)CN.NC1CCCCC1N. The molecule has 1 aliphatic carbocycles. The molecule has 0 aliphatic heterocycles. The number of hydrogen-bond donors (Lipinski definition) is 4. The zero-order valence-electron chi connectivity index (χ0n) is 9.50. The van der Waals surface area contributed by atoms with Crippen LogP contribution in [-0.2, 0) is 0 Å². The maximum absolute atomic E-state index is 5.65. The second-order valence-corrected chi connectivity index (χ2v) is 4.80. The Labute approximate surface area is 87.4 Å². The van der Waals surface area contributed by atoms with Crippen LogP contribution in [0.5, 0.6) is 0 Å². The van der Waals surface area contributed by atoms with E-state index in [2.05, 4.69) is 0 Å². The highest BCUT2D eigenvalue weighted by Gasteiger charge is 2.16. The Bertz CT molecular complexity index is 132. The van der Waals surface area contributed by atoms with Crippen molar-refractivity contribution >= 4 is 0 Å². The molecule has 0 heterocycles. The summed E-state index contributed by atoms with van der Waals surface area (Å²) in [6.45, 7) is 4.34. The van der Waals surface area contributed by atoms with Crippen LogP contribution in [0.4, 0.5) is 0 Å². The molecular weight excluding hydrogens is 176 g/mol. The maximum atomic E-state index is 5.65. The Balaban J connectivity index is 0.000000255. The first-order valence-corrected chi connectivity index (χ1v) is 5.37. The van der Waals surface area contributed by atoms with Gasteiger partial charge in [0.1, 0.15) is 0 Å². The van der Waals surface area contributed by atoms with E-state index in [1.54, 1.807) is 0 Å². The van der Waals surface area contributed by atoms with E-state index in [4.69, 9.17) is 22.9 Å². The van der Waals surface area contributed by atoms with Gasteiger partial charge in [-0.3, -0.25) is 0 Å². The van der Waals surface area contributed by atoms with Crippen LogP contribution in [0.25, 0.3) is 0 Å². The molecule has 0 bridgehead atoms. The van der Waals surface area contributed by atoms with Crippen molar-refractivity contribution in [3.05, 3.63) is 0 Å². The van der Waals surface area contributed by atoms with Crippen molar-refractivity contribution in [1.29, 1.82) is 0 Å². The molecule has 14 heavy (non-hydrogen) atoms. The predicted octanol–water partition coefficient (Wildman–Crippen LogP) is -0.103. The molecule has 0 aromatic carbocycles. The van der Waals surface area contributed by atoms with E-state index < -0.39 is 0 Å². The average molecular weight is 202 g/mol. The van der Waals surface area contributed by atoms with Crippen LogP contribution in [0.1, 0.15) is 39.5 Å². The van der Waals surface area contributed by atoms with Gasteiger partial charge in [0.15, 0.2) is 0 Å². The van der Waals surface area contributed by atoms with E-state index in [1.165, 1.54) is 12.8 Å². The summed E-state index contributed by atoms with van der Waals surface area (Å²) in [4.78, 5) is 0. The van der Waals surface area contributed by atoms with Crippen molar-refractivity contribution < 1.29 is 0 Å². The Morgan fingerprint density at radius 2 is 1.36 bits per heavy atom. The molecule has 0 amide bonds. The molecule has 1 rings (SSSR count). The third-order valence-electron chi connectivity index (χ3n) is 2.40. The highest BCUT2D eigenvalue weighted by Crippen LogP contribution is 2.14. The summed E-state index contributed by atoms with van der Waals surface area (Å²) in [6.07, 6.45) is 4.80. The highest BCUT2D eigenvalue weighted by molar-refractivity contribution is 4.79. The van der Waals surface area contributed by atoms with Gasteiger partial charge in [-0.05, 0) is 26.7 Å². The molecule has 2 unspecified atom stereocenters. The third kappa shape index (κ3) is 7.26. The van der Waals surface area contributed by atoms with Crippen LogP contribution in [-0.4, -0.2) is 24.2 Å².